The third kappa shape index (κ3) is 2.35. The molecule has 3 rings (SSSR count). The molecule has 3 atom stereocenters. The minimum Gasteiger partial charge on any atom is -0.368 e. The first-order valence-corrected chi connectivity index (χ1v) is 8.09. The highest BCUT2D eigenvalue weighted by Gasteiger charge is 2.40. The van der Waals surface area contributed by atoms with Crippen LogP contribution in [-0.2, 0) is 6.42 Å². The predicted molar refractivity (Wildman–Crippen MR) is 86.1 cm³/mol. The largest absolute Gasteiger partial charge is 0.368 e. The smallest absolute Gasteiger partial charge is 0.0401 e. The van der Waals surface area contributed by atoms with Crippen LogP contribution in [0.2, 0.25) is 0 Å². The van der Waals surface area contributed by atoms with Crippen LogP contribution in [0.5, 0.6) is 0 Å². The van der Waals surface area contributed by atoms with Crippen molar-refractivity contribution >= 4 is 5.69 Å². The standard InChI is InChI=1S/C18H28N2/c1-13-8-9-14-6-4-5-7-16(14)20(13)12-15-10-11-18(2,3)17(15)19/h4-7,13,15,17H,8-12,19H2,1-3H3. The average Bonchev–Trinajstić information content (AvgIpc) is 2.69. The molecule has 0 radical (unpaired) electrons. The molecule has 2 N–H and O–H groups in total. The molecule has 1 fully saturated rings. The second-order valence-corrected chi connectivity index (χ2v) is 7.48. The topological polar surface area (TPSA) is 29.3 Å². The number of nitrogens with zero attached hydrogens (tertiary/aromatic N) is 1. The van der Waals surface area contributed by atoms with Crippen molar-refractivity contribution < 1.29 is 0 Å². The lowest BCUT2D eigenvalue weighted by Crippen LogP contribution is -2.46. The number of para-hydroxylation sites is 1. The molecule has 1 aliphatic heterocycles. The van der Waals surface area contributed by atoms with Gasteiger partial charge in [-0.3, -0.25) is 0 Å². The van der Waals surface area contributed by atoms with E-state index in [2.05, 4.69) is 49.9 Å². The first-order valence-electron chi connectivity index (χ1n) is 8.09. The van der Waals surface area contributed by atoms with Crippen LogP contribution < -0.4 is 10.6 Å². The van der Waals surface area contributed by atoms with E-state index in [0.717, 1.165) is 6.54 Å². The average molecular weight is 272 g/mol. The maximum atomic E-state index is 6.51. The highest BCUT2D eigenvalue weighted by Crippen LogP contribution is 2.42. The summed E-state index contributed by atoms with van der Waals surface area (Å²) in [6.07, 6.45) is 5.03. The Balaban J connectivity index is 1.81. The van der Waals surface area contributed by atoms with Crippen molar-refractivity contribution in [2.45, 2.75) is 58.5 Å². The molecule has 2 aliphatic rings. The normalized spacial score (nSPS) is 32.2. The molecule has 1 heterocycles. The Morgan fingerprint density at radius 1 is 1.25 bits per heavy atom. The molecule has 0 bridgehead atoms. The molecule has 2 nitrogen and oxygen atoms in total. The van der Waals surface area contributed by atoms with Gasteiger partial charge in [0.25, 0.3) is 0 Å². The second kappa shape index (κ2) is 5.07. The zero-order valence-corrected chi connectivity index (χ0v) is 13.1. The van der Waals surface area contributed by atoms with E-state index in [4.69, 9.17) is 5.73 Å². The van der Waals surface area contributed by atoms with Crippen LogP contribution >= 0.6 is 0 Å². The van der Waals surface area contributed by atoms with Gasteiger partial charge in [-0.1, -0.05) is 32.0 Å². The van der Waals surface area contributed by atoms with Gasteiger partial charge in [-0.25, -0.2) is 0 Å². The summed E-state index contributed by atoms with van der Waals surface area (Å²) in [6, 6.07) is 9.88. The minimum absolute atomic E-state index is 0.309. The fourth-order valence-corrected chi connectivity index (χ4v) is 4.04. The summed E-state index contributed by atoms with van der Waals surface area (Å²) in [5.74, 6) is 0.638. The van der Waals surface area contributed by atoms with Gasteiger partial charge >= 0.3 is 0 Å². The lowest BCUT2D eigenvalue weighted by molar-refractivity contribution is 0.297. The van der Waals surface area contributed by atoms with Crippen LogP contribution in [0.3, 0.4) is 0 Å². The van der Waals surface area contributed by atoms with Gasteiger partial charge in [0, 0.05) is 24.3 Å². The molecule has 20 heavy (non-hydrogen) atoms. The van der Waals surface area contributed by atoms with E-state index in [1.165, 1.54) is 36.9 Å². The number of rotatable bonds is 2. The van der Waals surface area contributed by atoms with Gasteiger partial charge in [0.05, 0.1) is 0 Å². The number of hydrogen-bond donors (Lipinski definition) is 1. The molecule has 110 valence electrons. The molecule has 1 aromatic rings. The summed E-state index contributed by atoms with van der Waals surface area (Å²) in [4.78, 5) is 2.62. The molecule has 0 amide bonds. The van der Waals surface area contributed by atoms with E-state index in [1.807, 2.05) is 0 Å². The van der Waals surface area contributed by atoms with Crippen molar-refractivity contribution in [2.24, 2.45) is 17.1 Å². The third-order valence-electron chi connectivity index (χ3n) is 5.67. The fourth-order valence-electron chi connectivity index (χ4n) is 4.04. The molecule has 1 saturated carbocycles. The monoisotopic (exact) mass is 272 g/mol. The van der Waals surface area contributed by atoms with E-state index in [9.17, 15) is 0 Å². The van der Waals surface area contributed by atoms with Gasteiger partial charge in [-0.2, -0.15) is 0 Å². The molecule has 1 aliphatic carbocycles. The summed E-state index contributed by atoms with van der Waals surface area (Å²) in [5, 5.41) is 0. The number of nitrogens with two attached hydrogens (primary N) is 1. The molecule has 3 unspecified atom stereocenters. The highest BCUT2D eigenvalue weighted by atomic mass is 15.2. The maximum absolute atomic E-state index is 6.51. The van der Waals surface area contributed by atoms with Gasteiger partial charge in [0.1, 0.15) is 0 Å². The number of fused-ring (bicyclic) bond motifs is 1. The Hall–Kier alpha value is -1.02. The Kier molecular flexibility index (Phi) is 3.53. The van der Waals surface area contributed by atoms with Crippen LogP contribution in [0.25, 0.3) is 0 Å². The number of benzene rings is 1. The number of hydrogen-bond acceptors (Lipinski definition) is 2. The molecule has 2 heteroatoms. The van der Waals surface area contributed by atoms with Crippen LogP contribution in [0.1, 0.15) is 45.6 Å². The predicted octanol–water partition coefficient (Wildman–Crippen LogP) is 3.59. The molecule has 1 aromatic carbocycles. The molecular weight excluding hydrogens is 244 g/mol. The van der Waals surface area contributed by atoms with Crippen molar-refractivity contribution in [3.63, 3.8) is 0 Å². The summed E-state index contributed by atoms with van der Waals surface area (Å²) in [7, 11) is 0. The zero-order chi connectivity index (χ0) is 14.3. The van der Waals surface area contributed by atoms with Gasteiger partial charge in [-0.15, -0.1) is 0 Å². The van der Waals surface area contributed by atoms with Crippen molar-refractivity contribution in [1.29, 1.82) is 0 Å². The Morgan fingerprint density at radius 3 is 2.70 bits per heavy atom. The van der Waals surface area contributed by atoms with Gasteiger partial charge in [0.15, 0.2) is 0 Å². The Labute approximate surface area is 123 Å². The van der Waals surface area contributed by atoms with Crippen molar-refractivity contribution in [3.8, 4) is 0 Å². The Bertz CT molecular complexity index is 480. The third-order valence-corrected chi connectivity index (χ3v) is 5.67. The van der Waals surface area contributed by atoms with Crippen LogP contribution in [0.15, 0.2) is 24.3 Å². The zero-order valence-electron chi connectivity index (χ0n) is 13.1. The van der Waals surface area contributed by atoms with E-state index in [0.29, 0.717) is 23.4 Å². The van der Waals surface area contributed by atoms with Gasteiger partial charge < -0.3 is 10.6 Å². The minimum atomic E-state index is 0.309. The summed E-state index contributed by atoms with van der Waals surface area (Å²) >= 11 is 0. The van der Waals surface area contributed by atoms with E-state index in [1.54, 1.807) is 0 Å². The summed E-state index contributed by atoms with van der Waals surface area (Å²) < 4.78 is 0. The van der Waals surface area contributed by atoms with Gasteiger partial charge in [-0.05, 0) is 55.6 Å². The van der Waals surface area contributed by atoms with Crippen LogP contribution in [0, 0.1) is 11.3 Å². The first-order chi connectivity index (χ1) is 9.49. The quantitative estimate of drug-likeness (QED) is 0.891. The van der Waals surface area contributed by atoms with E-state index >= 15 is 0 Å². The summed E-state index contributed by atoms with van der Waals surface area (Å²) in [6.45, 7) is 8.14. The van der Waals surface area contributed by atoms with Crippen molar-refractivity contribution in [2.75, 3.05) is 11.4 Å². The lowest BCUT2D eigenvalue weighted by atomic mass is 9.85. The number of aryl methyl sites for hydroxylation is 1. The molecule has 0 aromatic heterocycles. The molecule has 0 saturated heterocycles. The second-order valence-electron chi connectivity index (χ2n) is 7.48. The Morgan fingerprint density at radius 2 is 2.00 bits per heavy atom. The molecular formula is C18H28N2. The highest BCUT2D eigenvalue weighted by molar-refractivity contribution is 5.56. The fraction of sp³-hybridized carbons (Fsp3) is 0.667. The first kappa shape index (κ1) is 13.9. The number of anilines is 1. The van der Waals surface area contributed by atoms with E-state index < -0.39 is 0 Å². The van der Waals surface area contributed by atoms with E-state index in [-0.39, 0.29) is 0 Å². The summed E-state index contributed by atoms with van der Waals surface area (Å²) in [5.41, 5.74) is 9.78. The van der Waals surface area contributed by atoms with Crippen molar-refractivity contribution in [3.05, 3.63) is 29.8 Å². The maximum Gasteiger partial charge on any atom is 0.0401 e. The lowest BCUT2D eigenvalue weighted by Gasteiger charge is -2.40. The van der Waals surface area contributed by atoms with Crippen LogP contribution in [-0.4, -0.2) is 18.6 Å². The SMILES string of the molecule is CC1CCc2ccccc2N1CC1CCC(C)(C)C1N. The molecule has 0 spiro atoms. The van der Waals surface area contributed by atoms with Gasteiger partial charge in [0.2, 0.25) is 0 Å². The van der Waals surface area contributed by atoms with Crippen molar-refractivity contribution in [1.82, 2.24) is 0 Å². The van der Waals surface area contributed by atoms with Crippen LogP contribution in [0.4, 0.5) is 5.69 Å².